The summed E-state index contributed by atoms with van der Waals surface area (Å²) in [6.45, 7) is 0. The molecule has 0 amide bonds. The van der Waals surface area contributed by atoms with Crippen molar-refractivity contribution >= 4 is 11.3 Å². The monoisotopic (exact) mass is 278 g/mol. The largest absolute Gasteiger partial charge is 0.443 e. The van der Waals surface area contributed by atoms with Gasteiger partial charge in [0.25, 0.3) is 0 Å². The van der Waals surface area contributed by atoms with Gasteiger partial charge in [-0.1, -0.05) is 25.7 Å². The molecular weight excluding hydrogens is 261 g/mol. The van der Waals surface area contributed by atoms with Gasteiger partial charge in [-0.3, -0.25) is 0 Å². The molecule has 1 aromatic rings. The van der Waals surface area contributed by atoms with Crippen molar-refractivity contribution in [2.45, 2.75) is 44.3 Å². The van der Waals surface area contributed by atoms with E-state index in [2.05, 4.69) is 10.3 Å². The van der Waals surface area contributed by atoms with Crippen molar-refractivity contribution in [3.63, 3.8) is 0 Å². The zero-order chi connectivity index (χ0) is 13.2. The summed E-state index contributed by atoms with van der Waals surface area (Å²) in [5.74, 6) is 0.638. The molecule has 1 atom stereocenters. The first-order valence-corrected chi connectivity index (χ1v) is 7.02. The minimum absolute atomic E-state index is 0.00157. The van der Waals surface area contributed by atoms with Gasteiger partial charge in [0.05, 0.1) is 0 Å². The minimum Gasteiger partial charge on any atom is -0.312 e. The van der Waals surface area contributed by atoms with Gasteiger partial charge in [0.2, 0.25) is 0 Å². The van der Waals surface area contributed by atoms with E-state index in [0.717, 1.165) is 17.8 Å². The number of aromatic nitrogens is 1. The van der Waals surface area contributed by atoms with Crippen molar-refractivity contribution in [3.8, 4) is 0 Å². The SMILES string of the molecule is CNC(CC1CCCC1)c1cnc(C(F)(F)F)s1. The molecule has 2 rings (SSSR count). The normalized spacial score (nSPS) is 19.3. The standard InChI is InChI=1S/C12H17F3N2S/c1-16-9(6-8-4-2-3-5-8)10-7-17-11(18-10)12(13,14)15/h7-9,16H,2-6H2,1H3. The molecule has 1 aliphatic carbocycles. The second kappa shape index (κ2) is 5.57. The van der Waals surface area contributed by atoms with E-state index < -0.39 is 11.2 Å². The Kier molecular flexibility index (Phi) is 4.27. The highest BCUT2D eigenvalue weighted by molar-refractivity contribution is 7.11. The molecule has 18 heavy (non-hydrogen) atoms. The van der Waals surface area contributed by atoms with E-state index in [4.69, 9.17) is 0 Å². The zero-order valence-corrected chi connectivity index (χ0v) is 11.1. The minimum atomic E-state index is -4.32. The van der Waals surface area contributed by atoms with Crippen LogP contribution in [0.5, 0.6) is 0 Å². The Morgan fingerprint density at radius 2 is 2.11 bits per heavy atom. The molecule has 0 bridgehead atoms. The van der Waals surface area contributed by atoms with Crippen LogP contribution in [0.3, 0.4) is 0 Å². The summed E-state index contributed by atoms with van der Waals surface area (Å²) >= 11 is 0.757. The summed E-state index contributed by atoms with van der Waals surface area (Å²) in [4.78, 5) is 4.18. The summed E-state index contributed by atoms with van der Waals surface area (Å²) in [6, 6.07) is 0.00157. The molecule has 102 valence electrons. The highest BCUT2D eigenvalue weighted by Crippen LogP contribution is 2.38. The van der Waals surface area contributed by atoms with Crippen molar-refractivity contribution in [2.24, 2.45) is 5.92 Å². The summed E-state index contributed by atoms with van der Waals surface area (Å²) < 4.78 is 37.5. The van der Waals surface area contributed by atoms with E-state index in [-0.39, 0.29) is 6.04 Å². The van der Waals surface area contributed by atoms with Crippen LogP contribution < -0.4 is 5.32 Å². The molecule has 0 radical (unpaired) electrons. The van der Waals surface area contributed by atoms with Crippen molar-refractivity contribution in [2.75, 3.05) is 7.05 Å². The highest BCUT2D eigenvalue weighted by Gasteiger charge is 2.35. The fourth-order valence-electron chi connectivity index (χ4n) is 2.53. The summed E-state index contributed by atoms with van der Waals surface area (Å²) in [7, 11) is 1.80. The molecule has 2 nitrogen and oxygen atoms in total. The van der Waals surface area contributed by atoms with Crippen molar-refractivity contribution in [1.82, 2.24) is 10.3 Å². The molecule has 0 saturated heterocycles. The molecule has 0 spiro atoms. The van der Waals surface area contributed by atoms with E-state index >= 15 is 0 Å². The van der Waals surface area contributed by atoms with E-state index in [1.165, 1.54) is 31.9 Å². The second-order valence-corrected chi connectivity index (χ2v) is 5.86. The predicted octanol–water partition coefficient (Wildman–Crippen LogP) is 4.00. The zero-order valence-electron chi connectivity index (χ0n) is 10.3. The van der Waals surface area contributed by atoms with E-state index in [1.807, 2.05) is 0 Å². The maximum Gasteiger partial charge on any atom is 0.443 e. The topological polar surface area (TPSA) is 24.9 Å². The first kappa shape index (κ1) is 13.8. The Hall–Kier alpha value is -0.620. The highest BCUT2D eigenvalue weighted by atomic mass is 32.1. The molecule has 1 heterocycles. The lowest BCUT2D eigenvalue weighted by molar-refractivity contribution is -0.137. The Morgan fingerprint density at radius 3 is 2.61 bits per heavy atom. The average molecular weight is 278 g/mol. The van der Waals surface area contributed by atoms with Crippen LogP contribution in [0.2, 0.25) is 0 Å². The van der Waals surface area contributed by atoms with Crippen LogP contribution in [-0.2, 0) is 6.18 Å². The smallest absolute Gasteiger partial charge is 0.312 e. The van der Waals surface area contributed by atoms with E-state index in [9.17, 15) is 13.2 Å². The van der Waals surface area contributed by atoms with Crippen molar-refractivity contribution in [3.05, 3.63) is 16.1 Å². The van der Waals surface area contributed by atoms with E-state index in [0.29, 0.717) is 10.8 Å². The average Bonchev–Trinajstić information content (AvgIpc) is 2.95. The van der Waals surface area contributed by atoms with Gasteiger partial charge in [0.1, 0.15) is 0 Å². The number of hydrogen-bond acceptors (Lipinski definition) is 3. The number of thiazole rings is 1. The van der Waals surface area contributed by atoms with Gasteiger partial charge in [-0.05, 0) is 19.4 Å². The Labute approximate surface area is 109 Å². The number of rotatable bonds is 4. The van der Waals surface area contributed by atoms with E-state index in [1.54, 1.807) is 7.05 Å². The van der Waals surface area contributed by atoms with Crippen LogP contribution in [-0.4, -0.2) is 12.0 Å². The molecule has 0 aliphatic heterocycles. The van der Waals surface area contributed by atoms with Crippen LogP contribution in [0.25, 0.3) is 0 Å². The Bertz CT molecular complexity index is 383. The van der Waals surface area contributed by atoms with Gasteiger partial charge < -0.3 is 5.32 Å². The molecule has 0 aromatic carbocycles. The van der Waals surface area contributed by atoms with Gasteiger partial charge in [0.15, 0.2) is 5.01 Å². The number of halogens is 3. The molecule has 1 saturated carbocycles. The molecule has 1 aliphatic rings. The third kappa shape index (κ3) is 3.23. The molecule has 6 heteroatoms. The number of nitrogens with one attached hydrogen (secondary N) is 1. The van der Waals surface area contributed by atoms with Crippen LogP contribution >= 0.6 is 11.3 Å². The fraction of sp³-hybridized carbons (Fsp3) is 0.750. The first-order valence-electron chi connectivity index (χ1n) is 6.21. The quantitative estimate of drug-likeness (QED) is 0.900. The van der Waals surface area contributed by atoms with Crippen molar-refractivity contribution in [1.29, 1.82) is 0 Å². The summed E-state index contributed by atoms with van der Waals surface area (Å²) in [5.41, 5.74) is 0. The molecule has 1 aromatic heterocycles. The number of alkyl halides is 3. The lowest BCUT2D eigenvalue weighted by Crippen LogP contribution is -2.18. The Balaban J connectivity index is 2.05. The lowest BCUT2D eigenvalue weighted by atomic mass is 9.98. The van der Waals surface area contributed by atoms with Crippen LogP contribution in [0.1, 0.15) is 48.0 Å². The second-order valence-electron chi connectivity index (χ2n) is 4.79. The van der Waals surface area contributed by atoms with Gasteiger partial charge >= 0.3 is 6.18 Å². The van der Waals surface area contributed by atoms with Crippen LogP contribution in [0, 0.1) is 5.92 Å². The maximum absolute atomic E-state index is 12.5. The molecule has 1 fully saturated rings. The Morgan fingerprint density at radius 1 is 1.44 bits per heavy atom. The molecule has 1 N–H and O–H groups in total. The summed E-state index contributed by atoms with van der Waals surface area (Å²) in [5, 5.41) is 2.37. The third-order valence-corrected chi connectivity index (χ3v) is 4.66. The van der Waals surface area contributed by atoms with Gasteiger partial charge in [-0.25, -0.2) is 4.98 Å². The molecular formula is C12H17F3N2S. The summed E-state index contributed by atoms with van der Waals surface area (Å²) in [6.07, 6.45) is 2.84. The van der Waals surface area contributed by atoms with Crippen LogP contribution in [0.4, 0.5) is 13.2 Å². The fourth-order valence-corrected chi connectivity index (χ4v) is 3.44. The van der Waals surface area contributed by atoms with Gasteiger partial charge in [0, 0.05) is 17.1 Å². The van der Waals surface area contributed by atoms with Gasteiger partial charge in [-0.2, -0.15) is 13.2 Å². The predicted molar refractivity (Wildman–Crippen MR) is 65.5 cm³/mol. The number of hydrogen-bond donors (Lipinski definition) is 1. The van der Waals surface area contributed by atoms with Crippen molar-refractivity contribution < 1.29 is 13.2 Å². The third-order valence-electron chi connectivity index (χ3n) is 3.50. The van der Waals surface area contributed by atoms with Crippen LogP contribution in [0.15, 0.2) is 6.20 Å². The molecule has 1 unspecified atom stereocenters. The van der Waals surface area contributed by atoms with Gasteiger partial charge in [-0.15, -0.1) is 11.3 Å². The maximum atomic E-state index is 12.5. The first-order chi connectivity index (χ1) is 8.50. The number of nitrogens with zero attached hydrogens (tertiary/aromatic N) is 1. The lowest BCUT2D eigenvalue weighted by Gasteiger charge is -2.18.